The molecule has 0 aliphatic rings. The maximum absolute atomic E-state index is 12.0. The zero-order chi connectivity index (χ0) is 18.8. The van der Waals surface area contributed by atoms with Crippen molar-refractivity contribution in [1.82, 2.24) is 14.8 Å². The minimum absolute atomic E-state index is 0.139. The molecule has 0 fully saturated rings. The lowest BCUT2D eigenvalue weighted by Crippen LogP contribution is -2.16. The number of rotatable bonds is 6. The summed E-state index contributed by atoms with van der Waals surface area (Å²) in [5, 5.41) is 6.83. The molecule has 0 unspecified atom stereocenters. The fourth-order valence-corrected chi connectivity index (χ4v) is 3.35. The van der Waals surface area contributed by atoms with Crippen LogP contribution in [0.3, 0.4) is 0 Å². The average molecular weight is 385 g/mol. The fourth-order valence-electron chi connectivity index (χ4n) is 2.54. The van der Waals surface area contributed by atoms with Crippen LogP contribution in [-0.4, -0.2) is 29.0 Å². The molecule has 0 saturated heterocycles. The predicted molar refractivity (Wildman–Crippen MR) is 98.2 cm³/mol. The first-order valence-corrected chi connectivity index (χ1v) is 8.84. The number of methoxy groups -OCH3 is 2. The molecule has 1 aromatic carbocycles. The van der Waals surface area contributed by atoms with Gasteiger partial charge in [0.15, 0.2) is 17.3 Å². The number of benzene rings is 1. The molecule has 0 bridgehead atoms. The van der Waals surface area contributed by atoms with E-state index in [2.05, 4.69) is 10.1 Å². The topological polar surface area (TPSA) is 92.5 Å². The summed E-state index contributed by atoms with van der Waals surface area (Å²) in [6.07, 6.45) is 1.49. The molecule has 4 rings (SSSR count). The third-order valence-corrected chi connectivity index (χ3v) is 4.77. The lowest BCUT2D eigenvalue weighted by Gasteiger charge is -2.08. The Balaban J connectivity index is 1.58. The SMILES string of the molecule is COc1ccc(-c2nc(Cn3nc(-c4ccco4)oc3=O)cs2)cc1OC. The maximum Gasteiger partial charge on any atom is 0.437 e. The highest BCUT2D eigenvalue weighted by atomic mass is 32.1. The van der Waals surface area contributed by atoms with E-state index in [0.29, 0.717) is 23.0 Å². The molecule has 27 heavy (non-hydrogen) atoms. The lowest BCUT2D eigenvalue weighted by molar-refractivity contribution is 0.355. The van der Waals surface area contributed by atoms with Crippen molar-refractivity contribution in [2.24, 2.45) is 0 Å². The quantitative estimate of drug-likeness (QED) is 0.503. The molecular weight excluding hydrogens is 370 g/mol. The first-order valence-electron chi connectivity index (χ1n) is 7.96. The van der Waals surface area contributed by atoms with Crippen LogP contribution in [-0.2, 0) is 6.54 Å². The largest absolute Gasteiger partial charge is 0.493 e. The minimum Gasteiger partial charge on any atom is -0.493 e. The van der Waals surface area contributed by atoms with Crippen LogP contribution in [0.25, 0.3) is 22.2 Å². The van der Waals surface area contributed by atoms with Gasteiger partial charge in [0.25, 0.3) is 5.89 Å². The third kappa shape index (κ3) is 3.36. The van der Waals surface area contributed by atoms with Gasteiger partial charge in [-0.1, -0.05) is 0 Å². The van der Waals surface area contributed by atoms with Crippen LogP contribution in [0.15, 0.2) is 55.6 Å². The Morgan fingerprint density at radius 1 is 1.19 bits per heavy atom. The molecule has 138 valence electrons. The van der Waals surface area contributed by atoms with Gasteiger partial charge in [0, 0.05) is 10.9 Å². The van der Waals surface area contributed by atoms with Crippen LogP contribution in [0.1, 0.15) is 5.69 Å². The molecule has 0 radical (unpaired) electrons. The van der Waals surface area contributed by atoms with Crippen LogP contribution in [0.2, 0.25) is 0 Å². The summed E-state index contributed by atoms with van der Waals surface area (Å²) in [5.74, 6) is 1.25. The van der Waals surface area contributed by atoms with Gasteiger partial charge < -0.3 is 18.3 Å². The van der Waals surface area contributed by atoms with Crippen molar-refractivity contribution >= 4 is 11.3 Å². The maximum atomic E-state index is 12.0. The first kappa shape index (κ1) is 17.1. The zero-order valence-corrected chi connectivity index (χ0v) is 15.4. The third-order valence-electron chi connectivity index (χ3n) is 3.83. The highest BCUT2D eigenvalue weighted by Gasteiger charge is 2.15. The van der Waals surface area contributed by atoms with E-state index in [4.69, 9.17) is 18.3 Å². The van der Waals surface area contributed by atoms with Gasteiger partial charge in [0.1, 0.15) is 5.01 Å². The summed E-state index contributed by atoms with van der Waals surface area (Å²) in [5.41, 5.74) is 1.60. The summed E-state index contributed by atoms with van der Waals surface area (Å²) in [6, 6.07) is 8.96. The highest BCUT2D eigenvalue weighted by Crippen LogP contribution is 2.33. The van der Waals surface area contributed by atoms with Crippen LogP contribution in [0, 0.1) is 0 Å². The number of hydrogen-bond acceptors (Lipinski definition) is 8. The normalized spacial score (nSPS) is 10.9. The summed E-state index contributed by atoms with van der Waals surface area (Å²) >= 11 is 1.47. The Morgan fingerprint density at radius 3 is 2.78 bits per heavy atom. The van der Waals surface area contributed by atoms with Crippen LogP contribution >= 0.6 is 11.3 Å². The number of thiazole rings is 1. The van der Waals surface area contributed by atoms with Gasteiger partial charge in [0.05, 0.1) is 32.7 Å². The molecule has 9 heteroatoms. The number of ether oxygens (including phenoxy) is 2. The molecule has 3 heterocycles. The second-order valence-electron chi connectivity index (χ2n) is 5.52. The summed E-state index contributed by atoms with van der Waals surface area (Å²) in [6.45, 7) is 0.201. The highest BCUT2D eigenvalue weighted by molar-refractivity contribution is 7.13. The van der Waals surface area contributed by atoms with E-state index in [1.165, 1.54) is 22.3 Å². The smallest absolute Gasteiger partial charge is 0.437 e. The molecule has 0 saturated carbocycles. The van der Waals surface area contributed by atoms with Gasteiger partial charge in [0.2, 0.25) is 0 Å². The van der Waals surface area contributed by atoms with E-state index in [9.17, 15) is 4.79 Å². The fraction of sp³-hybridized carbons (Fsp3) is 0.167. The van der Waals surface area contributed by atoms with E-state index in [1.807, 2.05) is 23.6 Å². The van der Waals surface area contributed by atoms with E-state index >= 15 is 0 Å². The van der Waals surface area contributed by atoms with E-state index in [1.54, 1.807) is 26.4 Å². The summed E-state index contributed by atoms with van der Waals surface area (Å²) < 4.78 is 22.1. The van der Waals surface area contributed by atoms with Gasteiger partial charge in [-0.3, -0.25) is 0 Å². The van der Waals surface area contributed by atoms with Gasteiger partial charge in [-0.15, -0.1) is 16.4 Å². The van der Waals surface area contributed by atoms with Gasteiger partial charge in [-0.2, -0.15) is 4.68 Å². The molecule has 0 amide bonds. The van der Waals surface area contributed by atoms with Crippen molar-refractivity contribution in [2.75, 3.05) is 14.2 Å². The molecule has 4 aromatic rings. The Bertz CT molecular complexity index is 1110. The van der Waals surface area contributed by atoms with Crippen molar-refractivity contribution < 1.29 is 18.3 Å². The van der Waals surface area contributed by atoms with Crippen LogP contribution in [0.5, 0.6) is 11.5 Å². The summed E-state index contributed by atoms with van der Waals surface area (Å²) in [4.78, 5) is 16.6. The van der Waals surface area contributed by atoms with Gasteiger partial charge in [-0.25, -0.2) is 9.78 Å². The second kappa shape index (κ2) is 7.12. The van der Waals surface area contributed by atoms with Crippen molar-refractivity contribution in [3.8, 4) is 33.7 Å². The van der Waals surface area contributed by atoms with E-state index in [-0.39, 0.29) is 12.4 Å². The average Bonchev–Trinajstić information content (AvgIpc) is 3.43. The van der Waals surface area contributed by atoms with Crippen molar-refractivity contribution in [3.63, 3.8) is 0 Å². The molecule has 0 N–H and O–H groups in total. The monoisotopic (exact) mass is 385 g/mol. The van der Waals surface area contributed by atoms with E-state index < -0.39 is 5.76 Å². The Morgan fingerprint density at radius 2 is 2.04 bits per heavy atom. The lowest BCUT2D eigenvalue weighted by atomic mass is 10.2. The predicted octanol–water partition coefficient (Wildman–Crippen LogP) is 3.29. The second-order valence-corrected chi connectivity index (χ2v) is 6.38. The Labute approximate surface area is 157 Å². The van der Waals surface area contributed by atoms with Gasteiger partial charge in [-0.05, 0) is 30.3 Å². The number of aromatic nitrogens is 3. The molecule has 0 atom stereocenters. The summed E-state index contributed by atoms with van der Waals surface area (Å²) in [7, 11) is 3.17. The number of nitrogens with zero attached hydrogens (tertiary/aromatic N) is 3. The van der Waals surface area contributed by atoms with Crippen molar-refractivity contribution in [3.05, 3.63) is 58.2 Å². The van der Waals surface area contributed by atoms with E-state index in [0.717, 1.165) is 10.6 Å². The van der Waals surface area contributed by atoms with Crippen LogP contribution < -0.4 is 15.2 Å². The van der Waals surface area contributed by atoms with Crippen molar-refractivity contribution in [2.45, 2.75) is 6.54 Å². The number of furan rings is 1. The zero-order valence-electron chi connectivity index (χ0n) is 14.5. The Hall–Kier alpha value is -3.33. The molecule has 0 spiro atoms. The molecule has 0 aliphatic carbocycles. The Kier molecular flexibility index (Phi) is 4.51. The molecular formula is C18H15N3O5S. The minimum atomic E-state index is -0.568. The first-order chi connectivity index (χ1) is 13.2. The molecule has 3 aromatic heterocycles. The van der Waals surface area contributed by atoms with Gasteiger partial charge >= 0.3 is 5.76 Å². The van der Waals surface area contributed by atoms with Crippen LogP contribution in [0.4, 0.5) is 0 Å². The standard InChI is InChI=1S/C18H15N3O5S/c1-23-13-6-5-11(8-15(13)24-2)17-19-12(10-27-17)9-21-18(22)26-16(20-21)14-4-3-7-25-14/h3-8,10H,9H2,1-2H3. The molecule has 8 nitrogen and oxygen atoms in total. The number of hydrogen-bond donors (Lipinski definition) is 0. The molecule has 0 aliphatic heterocycles. The van der Waals surface area contributed by atoms with Crippen molar-refractivity contribution in [1.29, 1.82) is 0 Å².